The van der Waals surface area contributed by atoms with Crippen molar-refractivity contribution in [1.29, 1.82) is 5.26 Å². The van der Waals surface area contributed by atoms with Crippen LogP contribution in [-0.2, 0) is 9.59 Å². The van der Waals surface area contributed by atoms with Gasteiger partial charge in [0.2, 0.25) is 11.8 Å². The Kier molecular flexibility index (Phi) is 4.10. The predicted octanol–water partition coefficient (Wildman–Crippen LogP) is 2.15. The highest BCUT2D eigenvalue weighted by Crippen LogP contribution is 2.41. The Morgan fingerprint density at radius 2 is 1.86 bits per heavy atom. The van der Waals surface area contributed by atoms with Crippen molar-refractivity contribution >= 4 is 17.5 Å². The average molecular weight is 297 g/mol. The van der Waals surface area contributed by atoms with Gasteiger partial charge in [-0.2, -0.15) is 5.26 Å². The maximum Gasteiger partial charge on any atom is 0.228 e. The first-order chi connectivity index (χ1) is 10.7. The number of carbonyl (C=O) groups is 2. The Hall–Kier alpha value is -2.35. The van der Waals surface area contributed by atoms with E-state index in [9.17, 15) is 9.59 Å². The van der Waals surface area contributed by atoms with Crippen molar-refractivity contribution in [3.05, 3.63) is 29.8 Å². The second kappa shape index (κ2) is 6.18. The molecule has 0 bridgehead atoms. The third kappa shape index (κ3) is 2.96. The Morgan fingerprint density at radius 3 is 2.59 bits per heavy atom. The zero-order chi connectivity index (χ0) is 15.5. The Morgan fingerprint density at radius 1 is 1.14 bits per heavy atom. The van der Waals surface area contributed by atoms with E-state index >= 15 is 0 Å². The van der Waals surface area contributed by atoms with E-state index < -0.39 is 0 Å². The number of nitrogens with one attached hydrogen (secondary N) is 1. The Labute approximate surface area is 129 Å². The molecular formula is C17H19N3O2. The van der Waals surface area contributed by atoms with Crippen LogP contribution in [0.15, 0.2) is 24.3 Å². The first kappa shape index (κ1) is 14.6. The largest absolute Gasteiger partial charge is 0.342 e. The van der Waals surface area contributed by atoms with Gasteiger partial charge in [0, 0.05) is 13.1 Å². The number of benzene rings is 1. The minimum Gasteiger partial charge on any atom is -0.342 e. The lowest BCUT2D eigenvalue weighted by Gasteiger charge is -2.26. The highest BCUT2D eigenvalue weighted by atomic mass is 16.2. The van der Waals surface area contributed by atoms with Crippen LogP contribution in [0.3, 0.4) is 0 Å². The quantitative estimate of drug-likeness (QED) is 0.929. The van der Waals surface area contributed by atoms with E-state index in [1.807, 2.05) is 4.90 Å². The lowest BCUT2D eigenvalue weighted by atomic mass is 10.1. The number of hydrogen-bond acceptors (Lipinski definition) is 3. The summed E-state index contributed by atoms with van der Waals surface area (Å²) in [7, 11) is 0. The number of rotatable bonds is 3. The van der Waals surface area contributed by atoms with Gasteiger partial charge in [-0.25, -0.2) is 0 Å². The molecule has 0 aromatic heterocycles. The van der Waals surface area contributed by atoms with Crippen molar-refractivity contribution < 1.29 is 9.59 Å². The fourth-order valence-corrected chi connectivity index (χ4v) is 3.02. The third-order valence-corrected chi connectivity index (χ3v) is 4.42. The molecule has 1 aliphatic carbocycles. The van der Waals surface area contributed by atoms with Crippen molar-refractivity contribution in [1.82, 2.24) is 4.90 Å². The predicted molar refractivity (Wildman–Crippen MR) is 81.8 cm³/mol. The molecule has 2 fully saturated rings. The maximum atomic E-state index is 12.3. The van der Waals surface area contributed by atoms with Crippen LogP contribution in [0.25, 0.3) is 0 Å². The Balaban J connectivity index is 1.58. The van der Waals surface area contributed by atoms with E-state index in [0.717, 1.165) is 25.9 Å². The van der Waals surface area contributed by atoms with Crippen LogP contribution in [0.2, 0.25) is 0 Å². The first-order valence-corrected chi connectivity index (χ1v) is 7.79. The molecular weight excluding hydrogens is 278 g/mol. The molecule has 2 aliphatic rings. The lowest BCUT2D eigenvalue weighted by molar-refractivity contribution is -0.134. The van der Waals surface area contributed by atoms with Crippen molar-refractivity contribution in [2.75, 3.05) is 18.4 Å². The summed E-state index contributed by atoms with van der Waals surface area (Å²) in [6, 6.07) is 8.97. The molecule has 2 unspecified atom stereocenters. The molecule has 2 atom stereocenters. The number of amides is 2. The molecule has 0 spiro atoms. The number of carbonyl (C=O) groups excluding carboxylic acids is 2. The van der Waals surface area contributed by atoms with Gasteiger partial charge >= 0.3 is 0 Å². The van der Waals surface area contributed by atoms with Crippen LogP contribution in [-0.4, -0.2) is 29.8 Å². The summed E-state index contributed by atoms with van der Waals surface area (Å²) < 4.78 is 0. The second-order valence-corrected chi connectivity index (χ2v) is 5.98. The summed E-state index contributed by atoms with van der Waals surface area (Å²) in [6.07, 6.45) is 3.93. The summed E-state index contributed by atoms with van der Waals surface area (Å²) in [5, 5.41) is 11.8. The standard InChI is InChI=1S/C17H19N3O2/c18-11-12-6-2-3-7-15(12)19-16(21)13-10-14(13)17(22)20-8-4-1-5-9-20/h2-3,6-7,13-14H,1,4-5,8-10H2,(H,19,21). The molecule has 5 nitrogen and oxygen atoms in total. The zero-order valence-corrected chi connectivity index (χ0v) is 12.4. The van der Waals surface area contributed by atoms with E-state index in [4.69, 9.17) is 5.26 Å². The van der Waals surface area contributed by atoms with Gasteiger partial charge in [-0.05, 0) is 37.8 Å². The minimum absolute atomic E-state index is 0.119. The normalized spacial score (nSPS) is 23.5. The topological polar surface area (TPSA) is 73.2 Å². The van der Waals surface area contributed by atoms with Crippen molar-refractivity contribution in [3.8, 4) is 6.07 Å². The van der Waals surface area contributed by atoms with Crippen LogP contribution in [0, 0.1) is 23.2 Å². The van der Waals surface area contributed by atoms with Gasteiger partial charge in [-0.3, -0.25) is 9.59 Å². The number of nitriles is 1. The molecule has 1 saturated heterocycles. The molecule has 1 N–H and O–H groups in total. The molecule has 1 heterocycles. The van der Waals surface area contributed by atoms with E-state index in [1.54, 1.807) is 24.3 Å². The number of piperidine rings is 1. The van der Waals surface area contributed by atoms with Gasteiger partial charge in [-0.1, -0.05) is 12.1 Å². The SMILES string of the molecule is N#Cc1ccccc1NC(=O)C1CC1C(=O)N1CCCCC1. The van der Waals surface area contributed by atoms with E-state index in [0.29, 0.717) is 17.7 Å². The molecule has 5 heteroatoms. The fourth-order valence-electron chi connectivity index (χ4n) is 3.02. The van der Waals surface area contributed by atoms with E-state index in [2.05, 4.69) is 11.4 Å². The number of anilines is 1. The monoisotopic (exact) mass is 297 g/mol. The smallest absolute Gasteiger partial charge is 0.228 e. The zero-order valence-electron chi connectivity index (χ0n) is 12.4. The summed E-state index contributed by atoms with van der Waals surface area (Å²) in [5.74, 6) is -0.458. The van der Waals surface area contributed by atoms with Gasteiger partial charge in [0.15, 0.2) is 0 Å². The van der Waals surface area contributed by atoms with Crippen molar-refractivity contribution in [2.24, 2.45) is 11.8 Å². The summed E-state index contributed by atoms with van der Waals surface area (Å²) in [5.41, 5.74) is 0.960. The maximum absolute atomic E-state index is 12.3. The second-order valence-electron chi connectivity index (χ2n) is 5.98. The summed E-state index contributed by atoms with van der Waals surface area (Å²) in [4.78, 5) is 26.5. The van der Waals surface area contributed by atoms with Gasteiger partial charge in [0.1, 0.15) is 6.07 Å². The molecule has 2 amide bonds. The van der Waals surface area contributed by atoms with Crippen LogP contribution in [0.5, 0.6) is 0 Å². The van der Waals surface area contributed by atoms with Gasteiger partial charge < -0.3 is 10.2 Å². The number of likely N-dealkylation sites (tertiary alicyclic amines) is 1. The highest BCUT2D eigenvalue weighted by molar-refractivity contribution is 6.00. The van der Waals surface area contributed by atoms with Gasteiger partial charge in [0.25, 0.3) is 0 Å². The molecule has 1 saturated carbocycles. The van der Waals surface area contributed by atoms with E-state index in [-0.39, 0.29) is 23.7 Å². The van der Waals surface area contributed by atoms with Crippen molar-refractivity contribution in [2.45, 2.75) is 25.7 Å². The van der Waals surface area contributed by atoms with Crippen LogP contribution in [0.4, 0.5) is 5.69 Å². The third-order valence-electron chi connectivity index (χ3n) is 4.42. The molecule has 22 heavy (non-hydrogen) atoms. The summed E-state index contributed by atoms with van der Waals surface area (Å²) in [6.45, 7) is 1.64. The summed E-state index contributed by atoms with van der Waals surface area (Å²) >= 11 is 0. The minimum atomic E-state index is -0.249. The molecule has 114 valence electrons. The molecule has 1 aliphatic heterocycles. The van der Waals surface area contributed by atoms with Gasteiger partial charge in [-0.15, -0.1) is 0 Å². The molecule has 1 aromatic rings. The highest BCUT2D eigenvalue weighted by Gasteiger charge is 2.49. The first-order valence-electron chi connectivity index (χ1n) is 7.79. The fraction of sp³-hybridized carbons (Fsp3) is 0.471. The van der Waals surface area contributed by atoms with Crippen molar-refractivity contribution in [3.63, 3.8) is 0 Å². The van der Waals surface area contributed by atoms with E-state index in [1.165, 1.54) is 6.42 Å². The average Bonchev–Trinajstić information content (AvgIpc) is 3.36. The number of hydrogen-bond donors (Lipinski definition) is 1. The van der Waals surface area contributed by atoms with Crippen LogP contribution >= 0.6 is 0 Å². The molecule has 0 radical (unpaired) electrons. The van der Waals surface area contributed by atoms with Crippen LogP contribution in [0.1, 0.15) is 31.2 Å². The number of nitrogens with zero attached hydrogens (tertiary/aromatic N) is 2. The van der Waals surface area contributed by atoms with Crippen LogP contribution < -0.4 is 5.32 Å². The lowest BCUT2D eigenvalue weighted by Crippen LogP contribution is -2.37. The molecule has 3 rings (SSSR count). The molecule has 1 aromatic carbocycles. The van der Waals surface area contributed by atoms with Gasteiger partial charge in [0.05, 0.1) is 23.1 Å². The number of para-hydroxylation sites is 1. The Bertz CT molecular complexity index is 629.